The van der Waals surface area contributed by atoms with Gasteiger partial charge in [0, 0.05) is 13.0 Å². The topological polar surface area (TPSA) is 268 Å². The van der Waals surface area contributed by atoms with Crippen LogP contribution in [-0.4, -0.2) is 185 Å². The number of rotatable bonds is 25. The fourth-order valence-electron chi connectivity index (χ4n) is 14.7. The number of aliphatic hydroxyl groups is 8. The second kappa shape index (κ2) is 27.2. The van der Waals surface area contributed by atoms with Crippen LogP contribution in [0.1, 0.15) is 138 Å². The van der Waals surface area contributed by atoms with Crippen molar-refractivity contribution in [2.45, 2.75) is 224 Å². The Morgan fingerprint density at radius 3 is 2.05 bits per heavy atom. The summed E-state index contributed by atoms with van der Waals surface area (Å²) in [4.78, 5) is 13.1. The molecule has 4 aliphatic carbocycles. The van der Waals surface area contributed by atoms with Crippen LogP contribution in [0.5, 0.6) is 0 Å². The number of hydrogen-bond acceptors (Lipinski definition) is 18. The summed E-state index contributed by atoms with van der Waals surface area (Å²) in [6.45, 7) is 16.9. The highest BCUT2D eigenvalue weighted by atomic mass is 16.8. The minimum atomic E-state index is -1.81. The maximum atomic E-state index is 13.1. The number of allylic oxidation sites excluding steroid dienone is 1. The zero-order chi connectivity index (χ0) is 53.5. The van der Waals surface area contributed by atoms with E-state index in [1.807, 2.05) is 6.92 Å². The van der Waals surface area contributed by atoms with E-state index in [2.05, 4.69) is 51.3 Å². The van der Waals surface area contributed by atoms with Crippen molar-refractivity contribution in [3.63, 3.8) is 0 Å². The summed E-state index contributed by atoms with van der Waals surface area (Å²) < 4.78 is 42.0. The fraction of sp³-hybridized carbons (Fsp3) is 0.946. The van der Waals surface area contributed by atoms with Crippen molar-refractivity contribution in [1.82, 2.24) is 10.6 Å². The number of carbonyl (C=O) groups excluding carboxylic acids is 1. The molecule has 0 spiro atoms. The van der Waals surface area contributed by atoms with Crippen molar-refractivity contribution in [3.8, 4) is 0 Å². The predicted molar refractivity (Wildman–Crippen MR) is 274 cm³/mol. The Labute approximate surface area is 440 Å². The van der Waals surface area contributed by atoms with E-state index in [-0.39, 0.29) is 42.5 Å². The molecule has 23 atom stereocenters. The molecule has 18 nitrogen and oxygen atoms in total. The molecule has 0 aromatic carbocycles. The second-order valence-electron chi connectivity index (χ2n) is 24.5. The summed E-state index contributed by atoms with van der Waals surface area (Å²) in [7, 11) is 0. The summed E-state index contributed by atoms with van der Waals surface area (Å²) in [5.41, 5.74) is 2.23. The van der Waals surface area contributed by atoms with Crippen LogP contribution < -0.4 is 10.6 Å². The maximum Gasteiger partial charge on any atom is 0.307 e. The smallest absolute Gasteiger partial charge is 0.307 e. The van der Waals surface area contributed by atoms with E-state index in [0.29, 0.717) is 44.4 Å². The SMILES string of the molecule is CC(C)CCC[C@@H](C)[C@H]1CC[C@H]2[C@@H]3CC=C4CC(OC(=O)CCNCCCNCCCOC5O[C@@H](CO)[C@@H](O)C(OC6O[C@@H](CO)[C@@H](C)[C@H](C)[C@@H]6O)C5OC5OC(CO)[C@H](O)[C@H](O)[C@H]5O)CC[C@]4(C)[C@H]3CC[C@]12C. The van der Waals surface area contributed by atoms with Crippen molar-refractivity contribution in [1.29, 1.82) is 0 Å². The molecule has 3 aliphatic heterocycles. The third kappa shape index (κ3) is 13.6. The minimum Gasteiger partial charge on any atom is -0.462 e. The monoisotopic (exact) mass is 1050 g/mol. The lowest BCUT2D eigenvalue weighted by atomic mass is 9.47. The third-order valence-corrected chi connectivity index (χ3v) is 19.5. The number of fused-ring (bicyclic) bond motifs is 5. The van der Waals surface area contributed by atoms with Gasteiger partial charge in [-0.05, 0) is 136 Å². The first kappa shape index (κ1) is 60.2. The Hall–Kier alpha value is -1.43. The van der Waals surface area contributed by atoms with Crippen LogP contribution in [-0.2, 0) is 38.0 Å². The van der Waals surface area contributed by atoms with Crippen LogP contribution in [0.2, 0.25) is 0 Å². The van der Waals surface area contributed by atoms with Gasteiger partial charge in [-0.3, -0.25) is 4.79 Å². The predicted octanol–water partition coefficient (Wildman–Crippen LogP) is 3.30. The lowest BCUT2D eigenvalue weighted by Crippen LogP contribution is -2.66. The van der Waals surface area contributed by atoms with E-state index < -0.39 is 93.1 Å². The van der Waals surface area contributed by atoms with Gasteiger partial charge in [-0.25, -0.2) is 0 Å². The van der Waals surface area contributed by atoms with Gasteiger partial charge in [0.05, 0.1) is 39.0 Å². The number of nitrogens with one attached hydrogen (secondary N) is 2. The largest absolute Gasteiger partial charge is 0.462 e. The molecule has 6 fully saturated rings. The van der Waals surface area contributed by atoms with Gasteiger partial charge in [0.2, 0.25) is 0 Å². The molecule has 3 heterocycles. The van der Waals surface area contributed by atoms with Crippen LogP contribution in [0.3, 0.4) is 0 Å². The van der Waals surface area contributed by atoms with Crippen molar-refractivity contribution >= 4 is 5.97 Å². The van der Waals surface area contributed by atoms with Gasteiger partial charge in [-0.2, -0.15) is 0 Å². The van der Waals surface area contributed by atoms with Gasteiger partial charge in [0.25, 0.3) is 0 Å². The summed E-state index contributed by atoms with van der Waals surface area (Å²) >= 11 is 0. The Kier molecular flexibility index (Phi) is 22.1. The second-order valence-corrected chi connectivity index (χ2v) is 24.5. The molecular weight excluding hydrogens is 957 g/mol. The molecule has 0 amide bonds. The summed E-state index contributed by atoms with van der Waals surface area (Å²) in [5.74, 6) is 4.02. The van der Waals surface area contributed by atoms with Gasteiger partial charge < -0.3 is 84.6 Å². The number of aliphatic hydroxyl groups excluding tert-OH is 8. The van der Waals surface area contributed by atoms with E-state index in [4.69, 9.17) is 33.2 Å². The highest BCUT2D eigenvalue weighted by molar-refractivity contribution is 5.69. The molecule has 10 N–H and O–H groups in total. The van der Waals surface area contributed by atoms with Gasteiger partial charge in [-0.1, -0.05) is 79.4 Å². The molecule has 7 rings (SSSR count). The molecule has 0 aromatic heterocycles. The van der Waals surface area contributed by atoms with Crippen LogP contribution >= 0.6 is 0 Å². The average molecular weight is 1060 g/mol. The molecule has 0 radical (unpaired) electrons. The zero-order valence-electron chi connectivity index (χ0n) is 45.7. The van der Waals surface area contributed by atoms with Crippen molar-refractivity contribution in [3.05, 3.63) is 11.6 Å². The zero-order valence-corrected chi connectivity index (χ0v) is 45.7. The van der Waals surface area contributed by atoms with E-state index in [9.17, 15) is 45.6 Å². The molecule has 18 heteroatoms. The van der Waals surface area contributed by atoms with Crippen molar-refractivity contribution in [2.75, 3.05) is 52.6 Å². The Morgan fingerprint density at radius 2 is 1.34 bits per heavy atom. The molecule has 7 unspecified atom stereocenters. The fourth-order valence-corrected chi connectivity index (χ4v) is 14.7. The van der Waals surface area contributed by atoms with E-state index in [1.54, 1.807) is 6.92 Å². The number of carbonyl (C=O) groups is 1. The van der Waals surface area contributed by atoms with Gasteiger partial charge in [0.1, 0.15) is 61.0 Å². The average Bonchev–Trinajstić information content (AvgIpc) is 3.74. The van der Waals surface area contributed by atoms with Crippen molar-refractivity contribution < 1.29 is 78.8 Å². The third-order valence-electron chi connectivity index (χ3n) is 19.5. The first-order valence-corrected chi connectivity index (χ1v) is 28.8. The van der Waals surface area contributed by atoms with Crippen LogP contribution in [0.25, 0.3) is 0 Å². The Morgan fingerprint density at radius 1 is 0.689 bits per heavy atom. The molecule has 3 saturated carbocycles. The van der Waals surface area contributed by atoms with Gasteiger partial charge in [0.15, 0.2) is 18.9 Å². The van der Waals surface area contributed by atoms with Gasteiger partial charge >= 0.3 is 5.97 Å². The first-order chi connectivity index (χ1) is 35.4. The normalized spacial score (nSPS) is 43.8. The minimum absolute atomic E-state index is 0.0513. The highest BCUT2D eigenvalue weighted by Crippen LogP contribution is 2.67. The van der Waals surface area contributed by atoms with E-state index >= 15 is 0 Å². The first-order valence-electron chi connectivity index (χ1n) is 28.8. The summed E-state index contributed by atoms with van der Waals surface area (Å²) in [6.07, 6.45) is -0.708. The van der Waals surface area contributed by atoms with Crippen LogP contribution in [0.15, 0.2) is 11.6 Å². The van der Waals surface area contributed by atoms with Crippen molar-refractivity contribution in [2.24, 2.45) is 58.2 Å². The standard InChI is InChI=1S/C56H98N2O16/c1-31(2)11-8-12-32(3)38-15-16-39-37-14-13-35-27-36(17-20-55(35,6)40(37)18-21-56(38,39)7)69-44(62)19-25-58-23-9-22-57-24-10-26-68-54-51(74-53-49(67)48(66)46(64)42(29-60)71-53)50(47(65)43(30-61)72-54)73-52-45(63)34(5)33(4)41(28-59)70-52/h13,31-34,36-43,45-54,57-61,63-67H,8-12,14-30H2,1-7H3/t32-,33+,34+,36?,37+,38-,39+,40+,41+,42?,43+,45+,46+,47-,48+,49-,50?,51?,52?,53?,54?,55+,56-/m1/s1. The van der Waals surface area contributed by atoms with Gasteiger partial charge in [-0.15, -0.1) is 0 Å². The molecule has 0 aromatic rings. The molecular formula is C56H98N2O16. The Balaban J connectivity index is 0.815. The molecule has 7 aliphatic rings. The summed E-state index contributed by atoms with van der Waals surface area (Å²) in [6, 6.07) is 0. The van der Waals surface area contributed by atoms with E-state index in [1.165, 1.54) is 56.9 Å². The molecule has 0 bridgehead atoms. The number of hydrogen-bond donors (Lipinski definition) is 10. The number of ether oxygens (including phenoxy) is 7. The van der Waals surface area contributed by atoms with Crippen LogP contribution in [0, 0.1) is 58.2 Å². The number of esters is 1. The Bertz CT molecular complexity index is 1760. The van der Waals surface area contributed by atoms with Crippen LogP contribution in [0.4, 0.5) is 0 Å². The molecule has 74 heavy (non-hydrogen) atoms. The lowest BCUT2D eigenvalue weighted by Gasteiger charge is -2.58. The molecule has 3 saturated heterocycles. The highest BCUT2D eigenvalue weighted by Gasteiger charge is 2.60. The lowest BCUT2D eigenvalue weighted by molar-refractivity contribution is -0.389. The maximum absolute atomic E-state index is 13.1. The quantitative estimate of drug-likeness (QED) is 0.0357. The summed E-state index contributed by atoms with van der Waals surface area (Å²) in [5, 5.41) is 91.1. The molecule has 428 valence electrons. The van der Waals surface area contributed by atoms with E-state index in [0.717, 1.165) is 61.2 Å².